The average molecular weight is 216 g/mol. The minimum Gasteiger partial charge on any atom is -0.301 e. The zero-order valence-electron chi connectivity index (χ0n) is 7.95. The van der Waals surface area contributed by atoms with Gasteiger partial charge in [0.25, 0.3) is 0 Å². The normalized spacial score (nSPS) is 25.1. The fourth-order valence-electron chi connectivity index (χ4n) is 1.21. The number of hydrogen-bond donors (Lipinski definition) is 1. The lowest BCUT2D eigenvalue weighted by molar-refractivity contribution is 0.589. The van der Waals surface area contributed by atoms with E-state index in [-0.39, 0.29) is 6.04 Å². The topological polar surface area (TPSA) is 35.8 Å². The molecular weight excluding hydrogens is 200 g/mol. The van der Waals surface area contributed by atoms with Crippen molar-refractivity contribution < 1.29 is 0 Å². The predicted molar refractivity (Wildman–Crippen MR) is 61.3 cm³/mol. The summed E-state index contributed by atoms with van der Waals surface area (Å²) in [5.41, 5.74) is 0. The molecule has 0 aromatic carbocycles. The van der Waals surface area contributed by atoms with Crippen LogP contribution in [0.5, 0.6) is 0 Å². The summed E-state index contributed by atoms with van der Waals surface area (Å²) in [4.78, 5) is 0. The monoisotopic (exact) mass is 216 g/mol. The summed E-state index contributed by atoms with van der Waals surface area (Å²) in [5.74, 6) is 3.79. The highest BCUT2D eigenvalue weighted by molar-refractivity contribution is 8.06. The van der Waals surface area contributed by atoms with Crippen LogP contribution in [-0.4, -0.2) is 35.1 Å². The van der Waals surface area contributed by atoms with Crippen LogP contribution in [0, 0.1) is 11.3 Å². The van der Waals surface area contributed by atoms with Gasteiger partial charge in [0.2, 0.25) is 0 Å². The van der Waals surface area contributed by atoms with Gasteiger partial charge >= 0.3 is 0 Å². The van der Waals surface area contributed by atoms with Crippen molar-refractivity contribution in [2.24, 2.45) is 0 Å². The van der Waals surface area contributed by atoms with E-state index < -0.39 is 0 Å². The summed E-state index contributed by atoms with van der Waals surface area (Å²) in [6.45, 7) is 3.04. The number of hydrogen-bond acceptors (Lipinski definition) is 4. The summed E-state index contributed by atoms with van der Waals surface area (Å²) in [6, 6.07) is 2.31. The number of thioether (sulfide) groups is 2. The number of nitriles is 1. The highest BCUT2D eigenvalue weighted by Crippen LogP contribution is 2.23. The molecule has 1 saturated heterocycles. The van der Waals surface area contributed by atoms with Crippen molar-refractivity contribution in [2.75, 3.05) is 23.8 Å². The summed E-state index contributed by atoms with van der Waals surface area (Å²) in [7, 11) is 0. The molecule has 1 N–H and O–H groups in total. The van der Waals surface area contributed by atoms with Gasteiger partial charge in [0, 0.05) is 29.1 Å². The Morgan fingerprint density at radius 1 is 1.62 bits per heavy atom. The second-order valence-corrected chi connectivity index (χ2v) is 5.62. The second kappa shape index (κ2) is 6.58. The molecule has 1 aliphatic rings. The van der Waals surface area contributed by atoms with Gasteiger partial charge in [0.1, 0.15) is 0 Å². The Morgan fingerprint density at radius 3 is 3.00 bits per heavy atom. The maximum absolute atomic E-state index is 8.73. The van der Waals surface area contributed by atoms with E-state index >= 15 is 0 Å². The van der Waals surface area contributed by atoms with Crippen LogP contribution in [0.4, 0.5) is 0 Å². The highest BCUT2D eigenvalue weighted by atomic mass is 32.2. The molecule has 1 rings (SSSR count). The Morgan fingerprint density at radius 2 is 2.46 bits per heavy atom. The van der Waals surface area contributed by atoms with E-state index in [1.54, 1.807) is 0 Å². The summed E-state index contributed by atoms with van der Waals surface area (Å²) < 4.78 is 0. The van der Waals surface area contributed by atoms with E-state index in [2.05, 4.69) is 11.4 Å². The quantitative estimate of drug-likeness (QED) is 0.776. The van der Waals surface area contributed by atoms with Crippen molar-refractivity contribution in [3.05, 3.63) is 0 Å². The van der Waals surface area contributed by atoms with Gasteiger partial charge in [-0.15, -0.1) is 0 Å². The fourth-order valence-corrected chi connectivity index (χ4v) is 3.83. The predicted octanol–water partition coefficient (Wildman–Crippen LogP) is 1.73. The zero-order valence-corrected chi connectivity index (χ0v) is 9.59. The van der Waals surface area contributed by atoms with Crippen LogP contribution < -0.4 is 5.32 Å². The molecule has 2 unspecified atom stereocenters. The van der Waals surface area contributed by atoms with Crippen LogP contribution in [0.25, 0.3) is 0 Å². The Kier molecular flexibility index (Phi) is 5.68. The van der Waals surface area contributed by atoms with Crippen LogP contribution in [0.1, 0.15) is 13.3 Å². The lowest BCUT2D eigenvalue weighted by Crippen LogP contribution is -2.35. The molecule has 0 saturated carbocycles. The number of nitrogens with one attached hydrogen (secondary N) is 1. The lowest BCUT2D eigenvalue weighted by atomic mass is 10.2. The SMILES string of the molecule is CCC(C#N)NCC1CSCCS1. The smallest absolute Gasteiger partial charge is 0.0950 e. The molecule has 0 amide bonds. The molecule has 13 heavy (non-hydrogen) atoms. The third-order valence-corrected chi connectivity index (χ3v) is 4.89. The molecule has 0 radical (unpaired) electrons. The Labute approximate surface area is 88.8 Å². The second-order valence-electron chi connectivity index (χ2n) is 3.07. The Balaban J connectivity index is 2.13. The number of rotatable bonds is 4. The zero-order chi connectivity index (χ0) is 9.52. The molecule has 1 fully saturated rings. The highest BCUT2D eigenvalue weighted by Gasteiger charge is 2.15. The first kappa shape index (κ1) is 11.2. The summed E-state index contributed by atoms with van der Waals surface area (Å²) in [5, 5.41) is 12.7. The molecule has 0 aliphatic carbocycles. The molecule has 0 aromatic rings. The minimum absolute atomic E-state index is 0.0486. The van der Waals surface area contributed by atoms with E-state index in [4.69, 9.17) is 5.26 Å². The first-order valence-corrected chi connectivity index (χ1v) is 6.89. The molecule has 1 heterocycles. The van der Waals surface area contributed by atoms with Gasteiger partial charge in [-0.2, -0.15) is 28.8 Å². The van der Waals surface area contributed by atoms with Gasteiger partial charge in [0.15, 0.2) is 0 Å². The lowest BCUT2D eigenvalue weighted by Gasteiger charge is -2.22. The van der Waals surface area contributed by atoms with Crippen molar-refractivity contribution in [3.8, 4) is 6.07 Å². The summed E-state index contributed by atoms with van der Waals surface area (Å²) >= 11 is 4.06. The van der Waals surface area contributed by atoms with E-state index in [1.165, 1.54) is 17.3 Å². The van der Waals surface area contributed by atoms with Gasteiger partial charge in [-0.1, -0.05) is 6.92 Å². The number of nitrogens with zero attached hydrogens (tertiary/aromatic N) is 1. The van der Waals surface area contributed by atoms with Gasteiger partial charge in [-0.3, -0.25) is 0 Å². The Hall–Kier alpha value is 0.150. The molecule has 0 spiro atoms. The fraction of sp³-hybridized carbons (Fsp3) is 0.889. The van der Waals surface area contributed by atoms with Gasteiger partial charge < -0.3 is 5.32 Å². The van der Waals surface area contributed by atoms with Gasteiger partial charge in [0.05, 0.1) is 12.1 Å². The van der Waals surface area contributed by atoms with Crippen molar-refractivity contribution >= 4 is 23.5 Å². The standard InChI is InChI=1S/C9H16N2S2/c1-2-8(5-10)11-6-9-7-12-3-4-13-9/h8-9,11H,2-4,6-7H2,1H3. The first-order chi connectivity index (χ1) is 6.36. The largest absolute Gasteiger partial charge is 0.301 e. The van der Waals surface area contributed by atoms with Gasteiger partial charge in [-0.05, 0) is 6.42 Å². The molecule has 0 bridgehead atoms. The van der Waals surface area contributed by atoms with E-state index in [0.29, 0.717) is 5.25 Å². The first-order valence-electron chi connectivity index (χ1n) is 4.69. The average Bonchev–Trinajstić information content (AvgIpc) is 2.21. The molecule has 4 heteroatoms. The van der Waals surface area contributed by atoms with Crippen LogP contribution in [0.2, 0.25) is 0 Å². The maximum atomic E-state index is 8.73. The molecule has 1 aliphatic heterocycles. The van der Waals surface area contributed by atoms with E-state index in [9.17, 15) is 0 Å². The van der Waals surface area contributed by atoms with Crippen molar-refractivity contribution in [1.82, 2.24) is 5.32 Å². The minimum atomic E-state index is 0.0486. The third-order valence-electron chi connectivity index (χ3n) is 2.04. The van der Waals surface area contributed by atoms with Crippen molar-refractivity contribution in [1.29, 1.82) is 5.26 Å². The summed E-state index contributed by atoms with van der Waals surface area (Å²) in [6.07, 6.45) is 0.904. The molecular formula is C9H16N2S2. The van der Waals surface area contributed by atoms with Gasteiger partial charge in [-0.25, -0.2) is 0 Å². The van der Waals surface area contributed by atoms with E-state index in [1.807, 2.05) is 30.4 Å². The van der Waals surface area contributed by atoms with Crippen molar-refractivity contribution in [3.63, 3.8) is 0 Å². The molecule has 0 aromatic heterocycles. The van der Waals surface area contributed by atoms with Crippen LogP contribution in [-0.2, 0) is 0 Å². The van der Waals surface area contributed by atoms with Crippen LogP contribution >= 0.6 is 23.5 Å². The van der Waals surface area contributed by atoms with Crippen molar-refractivity contribution in [2.45, 2.75) is 24.6 Å². The Bertz CT molecular complexity index is 173. The molecule has 2 atom stereocenters. The van der Waals surface area contributed by atoms with Crippen LogP contribution in [0.3, 0.4) is 0 Å². The molecule has 2 nitrogen and oxygen atoms in total. The van der Waals surface area contributed by atoms with Crippen LogP contribution in [0.15, 0.2) is 0 Å². The maximum Gasteiger partial charge on any atom is 0.0950 e. The van der Waals surface area contributed by atoms with E-state index in [0.717, 1.165) is 13.0 Å². The third kappa shape index (κ3) is 4.26. The molecule has 74 valence electrons.